The highest BCUT2D eigenvalue weighted by Crippen LogP contribution is 2.30. The fraction of sp³-hybridized carbons (Fsp3) is 0.417. The molecule has 3 amide bonds. The average Bonchev–Trinajstić information content (AvgIpc) is 2.80. The number of amides is 3. The van der Waals surface area contributed by atoms with Crippen LogP contribution < -0.4 is 20.7 Å². The number of ether oxygens (including phenoxy) is 1. The Morgan fingerprint density at radius 2 is 1.79 bits per heavy atom. The van der Waals surface area contributed by atoms with Crippen LogP contribution >= 0.6 is 0 Å². The zero-order chi connectivity index (χ0) is 24.7. The molecule has 0 spiro atoms. The molecule has 0 aromatic heterocycles. The SMILES string of the molecule is CCOc1ccc(S(=O)(=O)N2CCCCC2)cc1NC(=O)NC(C)c1cccc(NC(C)=O)c1. The number of carbonyl (C=O) groups is 2. The van der Waals surface area contributed by atoms with Gasteiger partial charge in [0.05, 0.1) is 23.2 Å². The Kier molecular flexibility index (Phi) is 8.51. The minimum absolute atomic E-state index is 0.115. The first-order valence-corrected chi connectivity index (χ1v) is 12.9. The minimum atomic E-state index is -3.66. The molecule has 1 fully saturated rings. The number of piperidine rings is 1. The number of urea groups is 1. The van der Waals surface area contributed by atoms with Crippen molar-refractivity contribution >= 4 is 33.3 Å². The maximum Gasteiger partial charge on any atom is 0.319 e. The Bertz CT molecular complexity index is 1130. The van der Waals surface area contributed by atoms with Crippen molar-refractivity contribution in [1.82, 2.24) is 9.62 Å². The summed E-state index contributed by atoms with van der Waals surface area (Å²) in [6.45, 7) is 6.40. The van der Waals surface area contributed by atoms with Crippen LogP contribution in [0.2, 0.25) is 0 Å². The lowest BCUT2D eigenvalue weighted by atomic mass is 10.1. The van der Waals surface area contributed by atoms with Crippen LogP contribution in [0.4, 0.5) is 16.2 Å². The maximum atomic E-state index is 13.1. The van der Waals surface area contributed by atoms with Gasteiger partial charge in [0.25, 0.3) is 0 Å². The third-order valence-corrected chi connectivity index (χ3v) is 7.40. The number of rotatable bonds is 8. The van der Waals surface area contributed by atoms with Crippen molar-refractivity contribution in [2.45, 2.75) is 51.0 Å². The smallest absolute Gasteiger partial charge is 0.319 e. The molecule has 0 saturated carbocycles. The molecule has 0 bridgehead atoms. The highest BCUT2D eigenvalue weighted by molar-refractivity contribution is 7.89. The largest absolute Gasteiger partial charge is 0.492 e. The van der Waals surface area contributed by atoms with Crippen molar-refractivity contribution in [2.24, 2.45) is 0 Å². The van der Waals surface area contributed by atoms with Crippen molar-refractivity contribution < 1.29 is 22.7 Å². The molecule has 10 heteroatoms. The first-order valence-electron chi connectivity index (χ1n) is 11.4. The Balaban J connectivity index is 1.77. The molecule has 1 unspecified atom stereocenters. The number of hydrogen-bond donors (Lipinski definition) is 3. The Morgan fingerprint density at radius 3 is 2.47 bits per heavy atom. The summed E-state index contributed by atoms with van der Waals surface area (Å²) in [5, 5.41) is 8.29. The van der Waals surface area contributed by atoms with E-state index in [1.807, 2.05) is 19.9 Å². The van der Waals surface area contributed by atoms with Crippen molar-refractivity contribution in [1.29, 1.82) is 0 Å². The lowest BCUT2D eigenvalue weighted by molar-refractivity contribution is -0.114. The van der Waals surface area contributed by atoms with Gasteiger partial charge in [0, 0.05) is 25.7 Å². The standard InChI is InChI=1S/C24H32N4O5S/c1-4-33-23-12-11-21(34(31,32)28-13-6-5-7-14-28)16-22(23)27-24(30)25-17(2)19-9-8-10-20(15-19)26-18(3)29/h8-12,15-17H,4-7,13-14H2,1-3H3,(H,26,29)(H2,25,27,30). The summed E-state index contributed by atoms with van der Waals surface area (Å²) < 4.78 is 33.3. The van der Waals surface area contributed by atoms with E-state index in [0.717, 1.165) is 24.8 Å². The molecule has 184 valence electrons. The van der Waals surface area contributed by atoms with E-state index in [4.69, 9.17) is 4.74 Å². The van der Waals surface area contributed by atoms with E-state index in [9.17, 15) is 18.0 Å². The fourth-order valence-electron chi connectivity index (χ4n) is 3.83. The summed E-state index contributed by atoms with van der Waals surface area (Å²) in [6, 6.07) is 10.8. The number of anilines is 2. The molecular formula is C24H32N4O5S. The first kappa shape index (κ1) is 25.5. The first-order chi connectivity index (χ1) is 16.2. The van der Waals surface area contributed by atoms with Crippen molar-refractivity contribution in [3.8, 4) is 5.75 Å². The van der Waals surface area contributed by atoms with Crippen LogP contribution in [0.3, 0.4) is 0 Å². The van der Waals surface area contributed by atoms with E-state index in [0.29, 0.717) is 31.1 Å². The van der Waals surface area contributed by atoms with Crippen molar-refractivity contribution in [2.75, 3.05) is 30.3 Å². The highest BCUT2D eigenvalue weighted by atomic mass is 32.2. The third-order valence-electron chi connectivity index (χ3n) is 5.51. The molecular weight excluding hydrogens is 456 g/mol. The Morgan fingerprint density at radius 1 is 1.06 bits per heavy atom. The monoisotopic (exact) mass is 488 g/mol. The minimum Gasteiger partial charge on any atom is -0.492 e. The third kappa shape index (κ3) is 6.48. The molecule has 9 nitrogen and oxygen atoms in total. The van der Waals surface area contributed by atoms with Crippen molar-refractivity contribution in [3.63, 3.8) is 0 Å². The lowest BCUT2D eigenvalue weighted by Gasteiger charge is -2.26. The molecule has 3 rings (SSSR count). The van der Waals surface area contributed by atoms with Gasteiger partial charge in [-0.25, -0.2) is 13.2 Å². The van der Waals surface area contributed by atoms with E-state index in [1.165, 1.54) is 23.4 Å². The van der Waals surface area contributed by atoms with Gasteiger partial charge in [-0.3, -0.25) is 4.79 Å². The van der Waals surface area contributed by atoms with E-state index in [-0.39, 0.29) is 22.5 Å². The fourth-order valence-corrected chi connectivity index (χ4v) is 5.37. The second-order valence-electron chi connectivity index (χ2n) is 8.18. The van der Waals surface area contributed by atoms with Crippen LogP contribution in [0.1, 0.15) is 51.6 Å². The molecule has 2 aromatic rings. The number of sulfonamides is 1. The zero-order valence-electron chi connectivity index (χ0n) is 19.8. The van der Waals surface area contributed by atoms with E-state index >= 15 is 0 Å². The van der Waals surface area contributed by atoms with Gasteiger partial charge in [-0.05, 0) is 62.6 Å². The number of hydrogen-bond acceptors (Lipinski definition) is 5. The van der Waals surface area contributed by atoms with Gasteiger partial charge in [0.2, 0.25) is 15.9 Å². The average molecular weight is 489 g/mol. The van der Waals surface area contributed by atoms with Gasteiger partial charge >= 0.3 is 6.03 Å². The van der Waals surface area contributed by atoms with Crippen LogP contribution in [0.5, 0.6) is 5.75 Å². The maximum absolute atomic E-state index is 13.1. The highest BCUT2D eigenvalue weighted by Gasteiger charge is 2.27. The van der Waals surface area contributed by atoms with Crippen LogP contribution in [-0.2, 0) is 14.8 Å². The van der Waals surface area contributed by atoms with E-state index in [2.05, 4.69) is 16.0 Å². The molecule has 2 aromatic carbocycles. The van der Waals surface area contributed by atoms with Gasteiger partial charge in [0.1, 0.15) is 5.75 Å². The number of nitrogens with zero attached hydrogens (tertiary/aromatic N) is 1. The summed E-state index contributed by atoms with van der Waals surface area (Å²) in [4.78, 5) is 24.2. The molecule has 1 atom stereocenters. The van der Waals surface area contributed by atoms with Crippen LogP contribution in [-0.4, -0.2) is 44.4 Å². The normalized spacial score (nSPS) is 15.3. The number of carbonyl (C=O) groups excluding carboxylic acids is 2. The lowest BCUT2D eigenvalue weighted by Crippen LogP contribution is -2.35. The van der Waals surface area contributed by atoms with Crippen LogP contribution in [0.15, 0.2) is 47.4 Å². The topological polar surface area (TPSA) is 117 Å². The summed E-state index contributed by atoms with van der Waals surface area (Å²) >= 11 is 0. The van der Waals surface area contributed by atoms with Gasteiger partial charge in [0.15, 0.2) is 0 Å². The number of nitrogens with one attached hydrogen (secondary N) is 3. The van der Waals surface area contributed by atoms with Crippen LogP contribution in [0, 0.1) is 0 Å². The Labute approximate surface area is 200 Å². The summed E-state index contributed by atoms with van der Waals surface area (Å²) in [5.74, 6) is 0.203. The summed E-state index contributed by atoms with van der Waals surface area (Å²) in [7, 11) is -3.66. The molecule has 0 aliphatic carbocycles. The molecule has 0 radical (unpaired) electrons. The molecule has 1 heterocycles. The molecule has 1 saturated heterocycles. The second kappa shape index (κ2) is 11.3. The van der Waals surface area contributed by atoms with Crippen LogP contribution in [0.25, 0.3) is 0 Å². The zero-order valence-corrected chi connectivity index (χ0v) is 20.6. The predicted molar refractivity (Wildman–Crippen MR) is 132 cm³/mol. The predicted octanol–water partition coefficient (Wildman–Crippen LogP) is 4.10. The number of benzene rings is 2. The Hall–Kier alpha value is -3.11. The summed E-state index contributed by atoms with van der Waals surface area (Å²) in [6.07, 6.45) is 2.70. The molecule has 1 aliphatic rings. The summed E-state index contributed by atoms with van der Waals surface area (Å²) in [5.41, 5.74) is 1.71. The molecule has 3 N–H and O–H groups in total. The van der Waals surface area contributed by atoms with Gasteiger partial charge in [-0.1, -0.05) is 18.6 Å². The van der Waals surface area contributed by atoms with E-state index in [1.54, 1.807) is 24.3 Å². The van der Waals surface area contributed by atoms with Crippen molar-refractivity contribution in [3.05, 3.63) is 48.0 Å². The van der Waals surface area contributed by atoms with Gasteiger partial charge < -0.3 is 20.7 Å². The molecule has 1 aliphatic heterocycles. The van der Waals surface area contributed by atoms with Gasteiger partial charge in [-0.2, -0.15) is 4.31 Å². The second-order valence-corrected chi connectivity index (χ2v) is 10.1. The quantitative estimate of drug-likeness (QED) is 0.517. The van der Waals surface area contributed by atoms with Gasteiger partial charge in [-0.15, -0.1) is 0 Å². The molecule has 34 heavy (non-hydrogen) atoms. The van der Waals surface area contributed by atoms with E-state index < -0.39 is 16.1 Å².